The lowest BCUT2D eigenvalue weighted by Crippen LogP contribution is -2.58. The van der Waals surface area contributed by atoms with Crippen LogP contribution in [0.5, 0.6) is 0 Å². The molecule has 0 N–H and O–H groups in total. The molecule has 3 fully saturated rings. The van der Waals surface area contributed by atoms with Gasteiger partial charge in [0, 0.05) is 63.5 Å². The van der Waals surface area contributed by atoms with Crippen molar-refractivity contribution in [3.63, 3.8) is 0 Å². The van der Waals surface area contributed by atoms with Gasteiger partial charge in [-0.05, 0) is 43.7 Å². The van der Waals surface area contributed by atoms with Gasteiger partial charge >= 0.3 is 6.03 Å². The van der Waals surface area contributed by atoms with Crippen LogP contribution in [0.15, 0.2) is 24.4 Å². The van der Waals surface area contributed by atoms with E-state index < -0.39 is 0 Å². The largest absolute Gasteiger partial charge is 0.339 e. The quantitative estimate of drug-likeness (QED) is 0.834. The Hall–Kier alpha value is -2.11. The van der Waals surface area contributed by atoms with Crippen LogP contribution in [0, 0.1) is 5.92 Å². The third-order valence-electron chi connectivity index (χ3n) is 6.13. The van der Waals surface area contributed by atoms with Crippen LogP contribution in [0.1, 0.15) is 37.8 Å². The normalized spacial score (nSPS) is 26.2. The summed E-state index contributed by atoms with van der Waals surface area (Å²) in [6.07, 6.45) is 7.27. The van der Waals surface area contributed by atoms with Crippen LogP contribution >= 0.6 is 0 Å². The first-order chi connectivity index (χ1) is 12.7. The summed E-state index contributed by atoms with van der Waals surface area (Å²) < 4.78 is 0. The van der Waals surface area contributed by atoms with Crippen LogP contribution in [0.25, 0.3) is 0 Å². The molecular weight excluding hydrogens is 328 g/mol. The van der Waals surface area contributed by atoms with Gasteiger partial charge in [0.2, 0.25) is 5.91 Å². The van der Waals surface area contributed by atoms with Crippen LogP contribution in [0.2, 0.25) is 0 Å². The average molecular weight is 356 g/mol. The number of likely N-dealkylation sites (tertiary alicyclic amines) is 3. The fraction of sp³-hybridized carbons (Fsp3) is 0.650. The Bertz CT molecular complexity index is 644. The minimum Gasteiger partial charge on any atom is -0.339 e. The zero-order valence-electron chi connectivity index (χ0n) is 15.3. The fourth-order valence-electron chi connectivity index (χ4n) is 4.70. The number of hydrogen-bond acceptors (Lipinski definition) is 3. The lowest BCUT2D eigenvalue weighted by molar-refractivity contribution is -0.140. The van der Waals surface area contributed by atoms with Crippen molar-refractivity contribution in [2.45, 2.75) is 44.6 Å². The third-order valence-corrected chi connectivity index (χ3v) is 6.13. The Morgan fingerprint density at radius 2 is 1.96 bits per heavy atom. The lowest BCUT2D eigenvalue weighted by Gasteiger charge is -2.47. The fourth-order valence-corrected chi connectivity index (χ4v) is 4.70. The number of piperidine rings is 2. The summed E-state index contributed by atoms with van der Waals surface area (Å²) in [6, 6.07) is 6.41. The van der Waals surface area contributed by atoms with Crippen molar-refractivity contribution in [3.8, 4) is 0 Å². The van der Waals surface area contributed by atoms with Crippen LogP contribution in [-0.2, 0) is 11.2 Å². The number of amides is 3. The van der Waals surface area contributed by atoms with Gasteiger partial charge in [-0.3, -0.25) is 9.78 Å². The van der Waals surface area contributed by atoms with E-state index in [-0.39, 0.29) is 18.0 Å². The molecule has 0 unspecified atom stereocenters. The molecule has 3 aliphatic rings. The number of hydrogen-bond donors (Lipinski definition) is 0. The van der Waals surface area contributed by atoms with Crippen molar-refractivity contribution in [2.24, 2.45) is 5.92 Å². The summed E-state index contributed by atoms with van der Waals surface area (Å²) in [5, 5.41) is 0. The monoisotopic (exact) mass is 356 g/mol. The van der Waals surface area contributed by atoms with Crippen molar-refractivity contribution in [3.05, 3.63) is 30.1 Å². The number of carbonyl (C=O) groups excluding carboxylic acids is 2. The third kappa shape index (κ3) is 3.55. The first kappa shape index (κ1) is 17.3. The molecule has 0 spiro atoms. The van der Waals surface area contributed by atoms with Gasteiger partial charge in [0.15, 0.2) is 0 Å². The standard InChI is InChI=1S/C20H28N4O2/c25-19-7-6-16-15-23(20(26)22-11-3-4-12-22)13-9-18(16)24(19)14-8-17-5-1-2-10-21-17/h1-2,5,10,16,18H,3-4,6-9,11-15H2/t16-,18+/m0/s1. The molecule has 0 aromatic carbocycles. The number of rotatable bonds is 3. The van der Waals surface area contributed by atoms with Crippen LogP contribution < -0.4 is 0 Å². The molecule has 3 amide bonds. The van der Waals surface area contributed by atoms with Gasteiger partial charge in [0.25, 0.3) is 0 Å². The first-order valence-electron chi connectivity index (χ1n) is 9.95. The van der Waals surface area contributed by atoms with Crippen molar-refractivity contribution in [1.82, 2.24) is 19.7 Å². The summed E-state index contributed by atoms with van der Waals surface area (Å²) in [5.41, 5.74) is 1.03. The van der Waals surface area contributed by atoms with Crippen molar-refractivity contribution in [1.29, 1.82) is 0 Å². The van der Waals surface area contributed by atoms with E-state index in [1.54, 1.807) is 6.20 Å². The van der Waals surface area contributed by atoms with Crippen LogP contribution in [-0.4, -0.2) is 70.4 Å². The SMILES string of the molecule is O=C(N1CCCC1)N1CC[C@@H]2[C@@H](CCC(=O)N2CCc2ccccn2)C1. The highest BCUT2D eigenvalue weighted by atomic mass is 16.2. The molecule has 1 aromatic rings. The number of aromatic nitrogens is 1. The topological polar surface area (TPSA) is 56.8 Å². The molecule has 4 rings (SSSR count). The first-order valence-corrected chi connectivity index (χ1v) is 9.95. The summed E-state index contributed by atoms with van der Waals surface area (Å²) in [5.74, 6) is 0.679. The maximum atomic E-state index is 12.7. The lowest BCUT2D eigenvalue weighted by atomic mass is 9.83. The highest BCUT2D eigenvalue weighted by Gasteiger charge is 2.41. The maximum Gasteiger partial charge on any atom is 0.320 e. The molecule has 0 radical (unpaired) electrons. The summed E-state index contributed by atoms with van der Waals surface area (Å²) in [6.45, 7) is 4.10. The van der Waals surface area contributed by atoms with E-state index in [1.165, 1.54) is 0 Å². The molecule has 1 aromatic heterocycles. The Morgan fingerprint density at radius 1 is 1.12 bits per heavy atom. The molecule has 3 aliphatic heterocycles. The van der Waals surface area contributed by atoms with Gasteiger partial charge in [-0.1, -0.05) is 6.07 Å². The molecule has 26 heavy (non-hydrogen) atoms. The minimum absolute atomic E-state index is 0.206. The van der Waals surface area contributed by atoms with Crippen LogP contribution in [0.4, 0.5) is 4.79 Å². The Labute approximate surface area is 155 Å². The molecule has 2 atom stereocenters. The van der Waals surface area contributed by atoms with Crippen molar-refractivity contribution >= 4 is 11.9 Å². The second kappa shape index (κ2) is 7.64. The van der Waals surface area contributed by atoms with E-state index in [4.69, 9.17) is 0 Å². The van der Waals surface area contributed by atoms with E-state index >= 15 is 0 Å². The summed E-state index contributed by atoms with van der Waals surface area (Å²) >= 11 is 0. The number of carbonyl (C=O) groups is 2. The van der Waals surface area contributed by atoms with E-state index in [0.717, 1.165) is 70.5 Å². The van der Waals surface area contributed by atoms with Gasteiger partial charge in [0.05, 0.1) is 0 Å². The van der Waals surface area contributed by atoms with Crippen molar-refractivity contribution in [2.75, 3.05) is 32.7 Å². The Kier molecular flexibility index (Phi) is 5.09. The maximum absolute atomic E-state index is 12.7. The van der Waals surface area contributed by atoms with E-state index in [1.807, 2.05) is 28.0 Å². The van der Waals surface area contributed by atoms with Gasteiger partial charge < -0.3 is 14.7 Å². The molecular formula is C20H28N4O2. The van der Waals surface area contributed by atoms with E-state index in [9.17, 15) is 9.59 Å². The summed E-state index contributed by atoms with van der Waals surface area (Å²) in [4.78, 5) is 35.7. The zero-order valence-corrected chi connectivity index (χ0v) is 15.3. The molecule has 6 heteroatoms. The minimum atomic E-state index is 0.206. The van der Waals surface area contributed by atoms with Crippen molar-refractivity contribution < 1.29 is 9.59 Å². The van der Waals surface area contributed by atoms with Gasteiger partial charge in [0.1, 0.15) is 0 Å². The average Bonchev–Trinajstić information content (AvgIpc) is 3.22. The molecule has 0 saturated carbocycles. The highest BCUT2D eigenvalue weighted by Crippen LogP contribution is 2.32. The second-order valence-corrected chi connectivity index (χ2v) is 7.74. The molecule has 0 bridgehead atoms. The van der Waals surface area contributed by atoms with Gasteiger partial charge in [-0.2, -0.15) is 0 Å². The number of nitrogens with zero attached hydrogens (tertiary/aromatic N) is 4. The zero-order chi connectivity index (χ0) is 17.9. The second-order valence-electron chi connectivity index (χ2n) is 7.74. The van der Waals surface area contributed by atoms with Gasteiger partial charge in [-0.15, -0.1) is 0 Å². The molecule has 3 saturated heterocycles. The predicted molar refractivity (Wildman–Crippen MR) is 98.6 cm³/mol. The Balaban J connectivity index is 1.38. The predicted octanol–water partition coefficient (Wildman–Crippen LogP) is 2.15. The molecule has 6 nitrogen and oxygen atoms in total. The molecule has 140 valence electrons. The molecule has 0 aliphatic carbocycles. The number of urea groups is 1. The van der Waals surface area contributed by atoms with Crippen LogP contribution in [0.3, 0.4) is 0 Å². The van der Waals surface area contributed by atoms with Gasteiger partial charge in [-0.25, -0.2) is 4.79 Å². The number of pyridine rings is 1. The number of fused-ring (bicyclic) bond motifs is 1. The summed E-state index contributed by atoms with van der Waals surface area (Å²) in [7, 11) is 0. The molecule has 4 heterocycles. The smallest absolute Gasteiger partial charge is 0.320 e. The van der Waals surface area contributed by atoms with E-state index in [0.29, 0.717) is 12.3 Å². The highest BCUT2D eigenvalue weighted by molar-refractivity contribution is 5.78. The van der Waals surface area contributed by atoms with E-state index in [2.05, 4.69) is 9.88 Å². The Morgan fingerprint density at radius 3 is 2.73 bits per heavy atom.